The Balaban J connectivity index is 2.84. The molecule has 1 unspecified atom stereocenters. The molecule has 16 heavy (non-hydrogen) atoms. The summed E-state index contributed by atoms with van der Waals surface area (Å²) in [5.74, 6) is -0.941. The fourth-order valence-electron chi connectivity index (χ4n) is 1.78. The summed E-state index contributed by atoms with van der Waals surface area (Å²) in [7, 11) is 0. The lowest BCUT2D eigenvalue weighted by Gasteiger charge is -2.35. The van der Waals surface area contributed by atoms with Gasteiger partial charge in [0.25, 0.3) is 0 Å². The van der Waals surface area contributed by atoms with E-state index in [1.807, 2.05) is 0 Å². The minimum atomic E-state index is -1.14. The van der Waals surface area contributed by atoms with E-state index in [9.17, 15) is 9.59 Å². The van der Waals surface area contributed by atoms with Gasteiger partial charge in [-0.15, -0.1) is 6.58 Å². The van der Waals surface area contributed by atoms with E-state index in [1.165, 1.54) is 0 Å². The number of esters is 2. The summed E-state index contributed by atoms with van der Waals surface area (Å²) >= 11 is 0. The third-order valence-electron chi connectivity index (χ3n) is 2.80. The quantitative estimate of drug-likeness (QED) is 0.542. The molecule has 1 fully saturated rings. The molecule has 0 radical (unpaired) electrons. The number of hydrogen-bond acceptors (Lipinski definition) is 4. The first-order valence-electron chi connectivity index (χ1n) is 5.56. The lowest BCUT2D eigenvalue weighted by Crippen LogP contribution is -2.48. The second kappa shape index (κ2) is 5.14. The molecule has 0 saturated carbocycles. The Hall–Kier alpha value is -1.32. The van der Waals surface area contributed by atoms with Crippen LogP contribution < -0.4 is 0 Å². The maximum absolute atomic E-state index is 11.8. The van der Waals surface area contributed by atoms with Crippen LogP contribution in [-0.2, 0) is 19.1 Å². The monoisotopic (exact) mass is 226 g/mol. The van der Waals surface area contributed by atoms with Crippen molar-refractivity contribution >= 4 is 11.9 Å². The van der Waals surface area contributed by atoms with Gasteiger partial charge in [0.05, 0.1) is 12.5 Å². The van der Waals surface area contributed by atoms with Gasteiger partial charge in [0.15, 0.2) is 0 Å². The molecule has 0 bridgehead atoms. The first-order chi connectivity index (χ1) is 7.55. The van der Waals surface area contributed by atoms with Crippen LogP contribution in [0.3, 0.4) is 0 Å². The molecule has 4 heteroatoms. The molecule has 0 aromatic carbocycles. The van der Waals surface area contributed by atoms with Gasteiger partial charge < -0.3 is 9.47 Å². The lowest BCUT2D eigenvalue weighted by molar-refractivity contribution is -0.192. The normalized spacial score (nSPS) is 29.4. The SMILES string of the molecule is C=CC[C@]1(C(=O)OCC)CCC(C)C(=O)O1. The Morgan fingerprint density at radius 1 is 1.75 bits per heavy atom. The Bertz CT molecular complexity index is 297. The predicted octanol–water partition coefficient (Wildman–Crippen LogP) is 1.84. The average molecular weight is 226 g/mol. The Morgan fingerprint density at radius 3 is 2.94 bits per heavy atom. The number of cyclic esters (lactones) is 1. The summed E-state index contributed by atoms with van der Waals surface area (Å²) in [6.45, 7) is 7.40. The molecule has 2 atom stereocenters. The van der Waals surface area contributed by atoms with Crippen LogP contribution in [0.4, 0.5) is 0 Å². The molecule has 0 spiro atoms. The highest BCUT2D eigenvalue weighted by Gasteiger charge is 2.47. The first-order valence-corrected chi connectivity index (χ1v) is 5.56. The van der Waals surface area contributed by atoms with E-state index in [0.29, 0.717) is 19.3 Å². The molecule has 0 aromatic rings. The van der Waals surface area contributed by atoms with E-state index >= 15 is 0 Å². The highest BCUT2D eigenvalue weighted by molar-refractivity contribution is 5.85. The molecular weight excluding hydrogens is 208 g/mol. The minimum Gasteiger partial charge on any atom is -0.463 e. The van der Waals surface area contributed by atoms with Crippen molar-refractivity contribution in [3.63, 3.8) is 0 Å². The third-order valence-corrected chi connectivity index (χ3v) is 2.80. The van der Waals surface area contributed by atoms with Gasteiger partial charge in [0.2, 0.25) is 5.60 Å². The van der Waals surface area contributed by atoms with Crippen LogP contribution >= 0.6 is 0 Å². The van der Waals surface area contributed by atoms with Crippen LogP contribution in [0.2, 0.25) is 0 Å². The second-order valence-electron chi connectivity index (χ2n) is 4.07. The van der Waals surface area contributed by atoms with Crippen LogP contribution in [-0.4, -0.2) is 24.1 Å². The number of carbonyl (C=O) groups is 2. The predicted molar refractivity (Wildman–Crippen MR) is 58.7 cm³/mol. The van der Waals surface area contributed by atoms with E-state index in [0.717, 1.165) is 0 Å². The van der Waals surface area contributed by atoms with Crippen LogP contribution in [0.25, 0.3) is 0 Å². The molecule has 4 nitrogen and oxygen atoms in total. The van der Waals surface area contributed by atoms with Crippen molar-refractivity contribution in [1.29, 1.82) is 0 Å². The van der Waals surface area contributed by atoms with Crippen LogP contribution in [0.1, 0.15) is 33.1 Å². The zero-order chi connectivity index (χ0) is 12.2. The number of hydrogen-bond donors (Lipinski definition) is 0. The zero-order valence-electron chi connectivity index (χ0n) is 9.82. The average Bonchev–Trinajstić information content (AvgIpc) is 2.24. The van der Waals surface area contributed by atoms with E-state index in [1.54, 1.807) is 19.9 Å². The van der Waals surface area contributed by atoms with Gasteiger partial charge >= 0.3 is 11.9 Å². The van der Waals surface area contributed by atoms with E-state index < -0.39 is 11.6 Å². The zero-order valence-corrected chi connectivity index (χ0v) is 9.82. The molecule has 0 aromatic heterocycles. The summed E-state index contributed by atoms with van der Waals surface area (Å²) in [4.78, 5) is 23.3. The van der Waals surface area contributed by atoms with Gasteiger partial charge in [-0.2, -0.15) is 0 Å². The molecule has 90 valence electrons. The highest BCUT2D eigenvalue weighted by Crippen LogP contribution is 2.33. The maximum Gasteiger partial charge on any atom is 0.350 e. The van der Waals surface area contributed by atoms with Crippen molar-refractivity contribution in [3.05, 3.63) is 12.7 Å². The smallest absolute Gasteiger partial charge is 0.350 e. The molecule has 1 heterocycles. The van der Waals surface area contributed by atoms with Crippen LogP contribution in [0.5, 0.6) is 0 Å². The number of rotatable bonds is 4. The summed E-state index contributed by atoms with van der Waals surface area (Å²) in [5.41, 5.74) is -1.14. The Labute approximate surface area is 95.6 Å². The first kappa shape index (κ1) is 12.7. The van der Waals surface area contributed by atoms with Crippen LogP contribution in [0, 0.1) is 5.92 Å². The molecule has 0 N–H and O–H groups in total. The Kier molecular flexibility index (Phi) is 4.10. The molecule has 1 aliphatic rings. The third kappa shape index (κ3) is 2.43. The molecule has 1 saturated heterocycles. The molecule has 1 aliphatic heterocycles. The van der Waals surface area contributed by atoms with Gasteiger partial charge in [-0.3, -0.25) is 4.79 Å². The Morgan fingerprint density at radius 2 is 2.44 bits per heavy atom. The number of ether oxygens (including phenoxy) is 2. The van der Waals surface area contributed by atoms with E-state index in [4.69, 9.17) is 9.47 Å². The molecular formula is C12H18O4. The lowest BCUT2D eigenvalue weighted by atomic mass is 9.86. The standard InChI is InChI=1S/C12H18O4/c1-4-7-12(11(14)15-5-2)8-6-9(3)10(13)16-12/h4,9H,1,5-8H2,2-3H3/t9?,12-/m1/s1. The fourth-order valence-corrected chi connectivity index (χ4v) is 1.78. The van der Waals surface area contributed by atoms with Crippen molar-refractivity contribution in [2.24, 2.45) is 5.92 Å². The topological polar surface area (TPSA) is 52.6 Å². The molecule has 1 rings (SSSR count). The van der Waals surface area contributed by atoms with Gasteiger partial charge in [0, 0.05) is 6.42 Å². The second-order valence-corrected chi connectivity index (χ2v) is 4.07. The summed E-state index contributed by atoms with van der Waals surface area (Å²) in [6.07, 6.45) is 3.04. The van der Waals surface area contributed by atoms with Crippen molar-refractivity contribution in [3.8, 4) is 0 Å². The van der Waals surface area contributed by atoms with Crippen molar-refractivity contribution in [2.45, 2.75) is 38.7 Å². The van der Waals surface area contributed by atoms with Crippen molar-refractivity contribution < 1.29 is 19.1 Å². The van der Waals surface area contributed by atoms with Gasteiger partial charge in [-0.05, 0) is 19.8 Å². The van der Waals surface area contributed by atoms with E-state index in [2.05, 4.69) is 6.58 Å². The van der Waals surface area contributed by atoms with Crippen LogP contribution in [0.15, 0.2) is 12.7 Å². The van der Waals surface area contributed by atoms with Gasteiger partial charge in [-0.1, -0.05) is 13.0 Å². The van der Waals surface area contributed by atoms with Gasteiger partial charge in [0.1, 0.15) is 0 Å². The largest absolute Gasteiger partial charge is 0.463 e. The minimum absolute atomic E-state index is 0.146. The van der Waals surface area contributed by atoms with Gasteiger partial charge in [-0.25, -0.2) is 4.79 Å². The van der Waals surface area contributed by atoms with E-state index in [-0.39, 0.29) is 18.5 Å². The van der Waals surface area contributed by atoms with Crippen molar-refractivity contribution in [1.82, 2.24) is 0 Å². The fraction of sp³-hybridized carbons (Fsp3) is 0.667. The summed E-state index contributed by atoms with van der Waals surface area (Å²) < 4.78 is 10.2. The summed E-state index contributed by atoms with van der Waals surface area (Å²) in [6, 6.07) is 0. The van der Waals surface area contributed by atoms with Crippen molar-refractivity contribution in [2.75, 3.05) is 6.61 Å². The highest BCUT2D eigenvalue weighted by atomic mass is 16.6. The maximum atomic E-state index is 11.8. The molecule has 0 amide bonds. The number of carbonyl (C=O) groups excluding carboxylic acids is 2. The summed E-state index contributed by atoms with van der Waals surface area (Å²) in [5, 5.41) is 0. The molecule has 0 aliphatic carbocycles.